The fraction of sp³-hybridized carbons (Fsp3) is 0.733. The first-order valence-corrected chi connectivity index (χ1v) is 9.43. The summed E-state index contributed by atoms with van der Waals surface area (Å²) in [6.07, 6.45) is 8.88. The van der Waals surface area contributed by atoms with Crippen LogP contribution in [-0.4, -0.2) is 26.6 Å². The summed E-state index contributed by atoms with van der Waals surface area (Å²) >= 11 is 0. The van der Waals surface area contributed by atoms with Gasteiger partial charge in [-0.05, 0) is 38.3 Å². The van der Waals surface area contributed by atoms with Crippen molar-refractivity contribution in [1.82, 2.24) is 14.6 Å². The lowest BCUT2D eigenvalue weighted by Gasteiger charge is -2.24. The maximum absolute atomic E-state index is 12.4. The molecule has 0 atom stereocenters. The van der Waals surface area contributed by atoms with Crippen molar-refractivity contribution in [2.75, 3.05) is 13.6 Å². The van der Waals surface area contributed by atoms with Crippen LogP contribution in [-0.2, 0) is 16.6 Å². The molecule has 0 saturated heterocycles. The number of nitrogens with one attached hydrogen (secondary N) is 2. The van der Waals surface area contributed by atoms with Crippen molar-refractivity contribution in [3.8, 4) is 0 Å². The summed E-state index contributed by atoms with van der Waals surface area (Å²) in [7, 11) is -1.48. The molecule has 2 N–H and O–H groups in total. The van der Waals surface area contributed by atoms with Crippen molar-refractivity contribution in [1.29, 1.82) is 0 Å². The summed E-state index contributed by atoms with van der Waals surface area (Å²) in [4.78, 5) is 0.410. The van der Waals surface area contributed by atoms with Crippen molar-refractivity contribution in [2.45, 2.75) is 56.0 Å². The smallest absolute Gasteiger partial charge is 0.242 e. The molecule has 118 valence electrons. The molecule has 0 radical (unpaired) electrons. The molecule has 2 saturated carbocycles. The van der Waals surface area contributed by atoms with E-state index in [1.54, 1.807) is 12.3 Å². The SMILES string of the molecule is CNCc1cc(S(=O)(=O)NCCC2CCC2)cn1C1CC1. The quantitative estimate of drug-likeness (QED) is 0.772. The molecule has 2 fully saturated rings. The van der Waals surface area contributed by atoms with Crippen molar-refractivity contribution in [3.63, 3.8) is 0 Å². The third-order valence-electron chi connectivity index (χ3n) is 4.58. The van der Waals surface area contributed by atoms with Gasteiger partial charge in [-0.3, -0.25) is 0 Å². The summed E-state index contributed by atoms with van der Waals surface area (Å²) < 4.78 is 29.7. The second kappa shape index (κ2) is 6.10. The van der Waals surface area contributed by atoms with Gasteiger partial charge in [0.05, 0.1) is 4.90 Å². The monoisotopic (exact) mass is 311 g/mol. The molecule has 0 bridgehead atoms. The van der Waals surface area contributed by atoms with Crippen LogP contribution < -0.4 is 10.0 Å². The Bertz CT molecular complexity index is 586. The third kappa shape index (κ3) is 3.49. The number of hydrogen-bond donors (Lipinski definition) is 2. The van der Waals surface area contributed by atoms with Crippen LogP contribution in [0.1, 0.15) is 50.3 Å². The molecule has 5 nitrogen and oxygen atoms in total. The molecule has 3 rings (SSSR count). The molecule has 0 amide bonds. The van der Waals surface area contributed by atoms with E-state index in [4.69, 9.17) is 0 Å². The Morgan fingerprint density at radius 3 is 2.62 bits per heavy atom. The molecule has 2 aliphatic carbocycles. The van der Waals surface area contributed by atoms with E-state index in [2.05, 4.69) is 14.6 Å². The fourth-order valence-corrected chi connectivity index (χ4v) is 4.02. The largest absolute Gasteiger partial charge is 0.346 e. The second-order valence-corrected chi connectivity index (χ2v) is 8.09. The zero-order valence-corrected chi connectivity index (χ0v) is 13.5. The van der Waals surface area contributed by atoms with E-state index in [0.717, 1.165) is 30.9 Å². The van der Waals surface area contributed by atoms with E-state index >= 15 is 0 Å². The van der Waals surface area contributed by atoms with Gasteiger partial charge >= 0.3 is 0 Å². The third-order valence-corrected chi connectivity index (χ3v) is 6.01. The van der Waals surface area contributed by atoms with Crippen molar-refractivity contribution >= 4 is 10.0 Å². The Morgan fingerprint density at radius 1 is 1.29 bits per heavy atom. The number of nitrogens with zero attached hydrogens (tertiary/aromatic N) is 1. The van der Waals surface area contributed by atoms with Gasteiger partial charge in [0.1, 0.15) is 0 Å². The highest BCUT2D eigenvalue weighted by molar-refractivity contribution is 7.89. The normalized spacial score (nSPS) is 19.7. The molecule has 0 aromatic carbocycles. The minimum atomic E-state index is -3.36. The van der Waals surface area contributed by atoms with Gasteiger partial charge in [0, 0.05) is 31.0 Å². The molecule has 0 spiro atoms. The summed E-state index contributed by atoms with van der Waals surface area (Å²) in [6.45, 7) is 1.26. The van der Waals surface area contributed by atoms with Gasteiger partial charge in [0.2, 0.25) is 10.0 Å². The van der Waals surface area contributed by atoms with E-state index < -0.39 is 10.0 Å². The summed E-state index contributed by atoms with van der Waals surface area (Å²) in [5.41, 5.74) is 1.05. The van der Waals surface area contributed by atoms with Crippen LogP contribution in [0.15, 0.2) is 17.2 Å². The zero-order chi connectivity index (χ0) is 14.9. The Morgan fingerprint density at radius 2 is 2.05 bits per heavy atom. The molecule has 2 aliphatic rings. The van der Waals surface area contributed by atoms with Crippen molar-refractivity contribution in [2.24, 2.45) is 5.92 Å². The summed E-state index contributed by atoms with van der Waals surface area (Å²) in [5, 5.41) is 3.11. The van der Waals surface area contributed by atoms with Crippen LogP contribution in [0.3, 0.4) is 0 Å². The van der Waals surface area contributed by atoms with Crippen LogP contribution in [0.5, 0.6) is 0 Å². The number of hydrogen-bond acceptors (Lipinski definition) is 3. The lowest BCUT2D eigenvalue weighted by molar-refractivity contribution is 0.297. The molecule has 21 heavy (non-hydrogen) atoms. The summed E-state index contributed by atoms with van der Waals surface area (Å²) in [6, 6.07) is 2.30. The molecule has 1 aromatic rings. The van der Waals surface area contributed by atoms with Gasteiger partial charge < -0.3 is 9.88 Å². The Balaban J connectivity index is 1.67. The lowest BCUT2D eigenvalue weighted by atomic mass is 9.83. The molecular weight excluding hydrogens is 286 g/mol. The van der Waals surface area contributed by atoms with E-state index in [1.807, 2.05) is 7.05 Å². The van der Waals surface area contributed by atoms with Gasteiger partial charge in [-0.1, -0.05) is 19.3 Å². The van der Waals surface area contributed by atoms with E-state index in [1.165, 1.54) is 19.3 Å². The van der Waals surface area contributed by atoms with Gasteiger partial charge in [0.15, 0.2) is 0 Å². The van der Waals surface area contributed by atoms with Crippen LogP contribution in [0.25, 0.3) is 0 Å². The highest BCUT2D eigenvalue weighted by atomic mass is 32.2. The standard InChI is InChI=1S/C15H25N3O2S/c1-16-10-14-9-15(11-18(14)13-5-6-13)21(19,20)17-8-7-12-3-2-4-12/h9,11-13,16-17H,2-8,10H2,1H3. The minimum Gasteiger partial charge on any atom is -0.346 e. The number of rotatable bonds is 8. The highest BCUT2D eigenvalue weighted by Gasteiger charge is 2.28. The number of aromatic nitrogens is 1. The maximum atomic E-state index is 12.4. The Labute approximate surface area is 127 Å². The molecule has 0 aliphatic heterocycles. The minimum absolute atomic E-state index is 0.410. The second-order valence-electron chi connectivity index (χ2n) is 6.32. The maximum Gasteiger partial charge on any atom is 0.242 e. The topological polar surface area (TPSA) is 63.1 Å². The van der Waals surface area contributed by atoms with Gasteiger partial charge in [-0.25, -0.2) is 13.1 Å². The van der Waals surface area contributed by atoms with Crippen LogP contribution in [0, 0.1) is 5.92 Å². The van der Waals surface area contributed by atoms with Crippen LogP contribution in [0.4, 0.5) is 0 Å². The van der Waals surface area contributed by atoms with Crippen molar-refractivity contribution < 1.29 is 8.42 Å². The molecule has 0 unspecified atom stereocenters. The van der Waals surface area contributed by atoms with Gasteiger partial charge in [0.25, 0.3) is 0 Å². The van der Waals surface area contributed by atoms with Gasteiger partial charge in [-0.15, -0.1) is 0 Å². The first-order valence-electron chi connectivity index (χ1n) is 7.95. The average Bonchev–Trinajstić information content (AvgIpc) is 3.14. The Kier molecular flexibility index (Phi) is 4.38. The molecule has 1 heterocycles. The number of sulfonamides is 1. The van der Waals surface area contributed by atoms with E-state index in [-0.39, 0.29) is 0 Å². The van der Waals surface area contributed by atoms with Crippen molar-refractivity contribution in [3.05, 3.63) is 18.0 Å². The van der Waals surface area contributed by atoms with Gasteiger partial charge in [-0.2, -0.15) is 0 Å². The Hall–Kier alpha value is -0.850. The first kappa shape index (κ1) is 15.1. The summed E-state index contributed by atoms with van der Waals surface area (Å²) in [5.74, 6) is 0.726. The average molecular weight is 311 g/mol. The van der Waals surface area contributed by atoms with Crippen LogP contribution >= 0.6 is 0 Å². The zero-order valence-electron chi connectivity index (χ0n) is 12.6. The lowest BCUT2D eigenvalue weighted by Crippen LogP contribution is -2.27. The molecular formula is C15H25N3O2S. The first-order chi connectivity index (χ1) is 10.1. The van der Waals surface area contributed by atoms with Crippen LogP contribution in [0.2, 0.25) is 0 Å². The van der Waals surface area contributed by atoms with E-state index in [9.17, 15) is 8.42 Å². The fourth-order valence-electron chi connectivity index (χ4n) is 2.92. The highest BCUT2D eigenvalue weighted by Crippen LogP contribution is 2.37. The molecule has 6 heteroatoms. The predicted molar refractivity (Wildman–Crippen MR) is 82.6 cm³/mol. The predicted octanol–water partition coefficient (Wildman–Crippen LogP) is 2.01. The molecule has 1 aromatic heterocycles. The van der Waals surface area contributed by atoms with E-state index in [0.29, 0.717) is 24.0 Å².